The quantitative estimate of drug-likeness (QED) is 0.520. The number of benzene rings is 2. The van der Waals surface area contributed by atoms with Crippen molar-refractivity contribution < 1.29 is 9.21 Å². The molecule has 2 aromatic carbocycles. The number of amides is 1. The maximum absolute atomic E-state index is 12.3. The first kappa shape index (κ1) is 17.7. The fourth-order valence-corrected chi connectivity index (χ4v) is 3.45. The van der Waals surface area contributed by atoms with Crippen molar-refractivity contribution in [1.82, 2.24) is 15.3 Å². The van der Waals surface area contributed by atoms with E-state index >= 15 is 0 Å². The molecule has 0 aliphatic carbocycles. The van der Waals surface area contributed by atoms with Gasteiger partial charge in [0, 0.05) is 35.4 Å². The molecule has 7 heteroatoms. The van der Waals surface area contributed by atoms with Crippen LogP contribution in [0.2, 0.25) is 5.02 Å². The summed E-state index contributed by atoms with van der Waals surface area (Å²) in [5.41, 5.74) is 5.73. The third-order valence-electron chi connectivity index (χ3n) is 4.11. The van der Waals surface area contributed by atoms with E-state index in [9.17, 15) is 4.79 Å². The van der Waals surface area contributed by atoms with Crippen LogP contribution in [-0.4, -0.2) is 22.4 Å². The number of carbonyl (C=O) groups excluding carboxylic acids is 1. The molecule has 5 nitrogen and oxygen atoms in total. The van der Waals surface area contributed by atoms with Crippen LogP contribution in [-0.2, 0) is 12.8 Å². The van der Waals surface area contributed by atoms with Gasteiger partial charge in [0.25, 0.3) is 5.91 Å². The molecule has 0 radical (unpaired) electrons. The highest BCUT2D eigenvalue weighted by Crippen LogP contribution is 2.20. The van der Waals surface area contributed by atoms with E-state index in [-0.39, 0.29) is 5.91 Å². The second-order valence-corrected chi connectivity index (χ2v) is 7.23. The zero-order valence-corrected chi connectivity index (χ0v) is 15.9. The van der Waals surface area contributed by atoms with E-state index < -0.39 is 0 Å². The first-order valence-electron chi connectivity index (χ1n) is 8.46. The van der Waals surface area contributed by atoms with Gasteiger partial charge >= 0.3 is 0 Å². The van der Waals surface area contributed by atoms with Crippen molar-refractivity contribution in [3.63, 3.8) is 0 Å². The normalized spacial score (nSPS) is 11.0. The Kier molecular flexibility index (Phi) is 5.18. The molecule has 0 aliphatic heterocycles. The predicted molar refractivity (Wildman–Crippen MR) is 106 cm³/mol. The van der Waals surface area contributed by atoms with Gasteiger partial charge in [0.2, 0.25) is 0 Å². The van der Waals surface area contributed by atoms with Crippen molar-refractivity contribution in [2.24, 2.45) is 0 Å². The average Bonchev–Trinajstić information content (AvgIpc) is 3.32. The van der Waals surface area contributed by atoms with Gasteiger partial charge in [0.15, 0.2) is 11.5 Å². The van der Waals surface area contributed by atoms with Gasteiger partial charge in [-0.1, -0.05) is 23.7 Å². The summed E-state index contributed by atoms with van der Waals surface area (Å²) in [6.07, 6.45) is 1.29. The third-order valence-corrected chi connectivity index (χ3v) is 5.00. The minimum absolute atomic E-state index is 0.130. The second kappa shape index (κ2) is 7.90. The summed E-state index contributed by atoms with van der Waals surface area (Å²) in [5, 5.41) is 5.59. The van der Waals surface area contributed by atoms with Crippen LogP contribution in [0.4, 0.5) is 0 Å². The van der Waals surface area contributed by atoms with E-state index in [2.05, 4.69) is 15.3 Å². The lowest BCUT2D eigenvalue weighted by Crippen LogP contribution is -2.25. The van der Waals surface area contributed by atoms with Gasteiger partial charge in [-0.15, -0.1) is 11.3 Å². The largest absolute Gasteiger partial charge is 0.440 e. The molecule has 0 fully saturated rings. The number of oxazole rings is 1. The summed E-state index contributed by atoms with van der Waals surface area (Å²) in [5.74, 6) is 0.475. The lowest BCUT2D eigenvalue weighted by molar-refractivity contribution is 0.0954. The Balaban J connectivity index is 1.43. The van der Waals surface area contributed by atoms with Crippen LogP contribution in [0.25, 0.3) is 11.1 Å². The third kappa shape index (κ3) is 4.35. The summed E-state index contributed by atoms with van der Waals surface area (Å²) in [6.45, 7) is 0.543. The summed E-state index contributed by atoms with van der Waals surface area (Å²) in [6, 6.07) is 12.8. The molecule has 27 heavy (non-hydrogen) atoms. The zero-order chi connectivity index (χ0) is 18.6. The van der Waals surface area contributed by atoms with Crippen molar-refractivity contribution in [2.45, 2.75) is 12.8 Å². The molecule has 4 aromatic rings. The minimum atomic E-state index is -0.130. The smallest absolute Gasteiger partial charge is 0.251 e. The first-order valence-corrected chi connectivity index (χ1v) is 9.78. The molecular formula is C20H16ClN3O2S. The van der Waals surface area contributed by atoms with Gasteiger partial charge in [0.05, 0.1) is 11.2 Å². The van der Waals surface area contributed by atoms with Gasteiger partial charge in [-0.3, -0.25) is 4.79 Å². The van der Waals surface area contributed by atoms with E-state index in [0.717, 1.165) is 11.3 Å². The Morgan fingerprint density at radius 2 is 2.04 bits per heavy atom. The SMILES string of the molecule is O=C(NCCc1cscn1)c1ccc2oc(Cc3ccc(Cl)cc3)nc2c1. The van der Waals surface area contributed by atoms with Crippen LogP contribution in [0.1, 0.15) is 27.5 Å². The van der Waals surface area contributed by atoms with Crippen LogP contribution < -0.4 is 5.32 Å². The number of nitrogens with one attached hydrogen (secondary N) is 1. The number of hydrogen-bond donors (Lipinski definition) is 1. The van der Waals surface area contributed by atoms with Gasteiger partial charge < -0.3 is 9.73 Å². The monoisotopic (exact) mass is 397 g/mol. The van der Waals surface area contributed by atoms with Crippen LogP contribution in [0.3, 0.4) is 0 Å². The Morgan fingerprint density at radius 3 is 2.81 bits per heavy atom. The molecule has 136 valence electrons. The van der Waals surface area contributed by atoms with Crippen molar-refractivity contribution in [1.29, 1.82) is 0 Å². The van der Waals surface area contributed by atoms with Crippen LogP contribution in [0.5, 0.6) is 0 Å². The number of halogens is 1. The highest BCUT2D eigenvalue weighted by atomic mass is 35.5. The Morgan fingerprint density at radius 1 is 1.19 bits per heavy atom. The standard InChI is InChI=1S/C20H16ClN3O2S/c21-15-4-1-13(2-5-15)9-19-24-17-10-14(3-6-18(17)26-19)20(25)22-8-7-16-11-27-12-23-16/h1-6,10-12H,7-9H2,(H,22,25). The molecule has 0 unspecified atom stereocenters. The molecule has 1 amide bonds. The van der Waals surface area contributed by atoms with E-state index in [4.69, 9.17) is 16.0 Å². The highest BCUT2D eigenvalue weighted by molar-refractivity contribution is 7.07. The number of nitrogens with zero attached hydrogens (tertiary/aromatic N) is 2. The Labute approximate surface area is 165 Å². The zero-order valence-electron chi connectivity index (χ0n) is 14.3. The molecule has 1 N–H and O–H groups in total. The molecule has 0 saturated heterocycles. The van der Waals surface area contributed by atoms with E-state index in [1.165, 1.54) is 0 Å². The summed E-state index contributed by atoms with van der Waals surface area (Å²) < 4.78 is 5.78. The average molecular weight is 398 g/mol. The van der Waals surface area contributed by atoms with Crippen molar-refractivity contribution in [3.05, 3.63) is 81.1 Å². The number of fused-ring (bicyclic) bond motifs is 1. The molecule has 2 heterocycles. The molecule has 0 aliphatic rings. The molecule has 2 aromatic heterocycles. The van der Waals surface area contributed by atoms with E-state index in [0.29, 0.717) is 47.0 Å². The van der Waals surface area contributed by atoms with Crippen LogP contribution >= 0.6 is 22.9 Å². The molecular weight excluding hydrogens is 382 g/mol. The Hall–Kier alpha value is -2.70. The molecule has 0 saturated carbocycles. The predicted octanol–water partition coefficient (Wildman–Crippen LogP) is 4.50. The number of carbonyl (C=O) groups is 1. The summed E-state index contributed by atoms with van der Waals surface area (Å²) in [4.78, 5) is 21.1. The van der Waals surface area contributed by atoms with E-state index in [1.807, 2.05) is 29.6 Å². The maximum atomic E-state index is 12.3. The molecule has 4 rings (SSSR count). The lowest BCUT2D eigenvalue weighted by atomic mass is 10.1. The number of thiazole rings is 1. The summed E-state index contributed by atoms with van der Waals surface area (Å²) >= 11 is 7.46. The van der Waals surface area contributed by atoms with E-state index in [1.54, 1.807) is 35.0 Å². The maximum Gasteiger partial charge on any atom is 0.251 e. The van der Waals surface area contributed by atoms with Crippen molar-refractivity contribution in [3.8, 4) is 0 Å². The molecule has 0 atom stereocenters. The van der Waals surface area contributed by atoms with Gasteiger partial charge in [-0.25, -0.2) is 9.97 Å². The fraction of sp³-hybridized carbons (Fsp3) is 0.150. The minimum Gasteiger partial charge on any atom is -0.440 e. The molecule has 0 spiro atoms. The van der Waals surface area contributed by atoms with Gasteiger partial charge in [0.1, 0.15) is 5.52 Å². The fourth-order valence-electron chi connectivity index (χ4n) is 2.74. The number of hydrogen-bond acceptors (Lipinski definition) is 5. The topological polar surface area (TPSA) is 68.0 Å². The first-order chi connectivity index (χ1) is 13.2. The summed E-state index contributed by atoms with van der Waals surface area (Å²) in [7, 11) is 0. The number of aromatic nitrogens is 2. The van der Waals surface area contributed by atoms with Crippen LogP contribution in [0.15, 0.2) is 57.8 Å². The second-order valence-electron chi connectivity index (χ2n) is 6.08. The highest BCUT2D eigenvalue weighted by Gasteiger charge is 2.11. The molecule has 0 bridgehead atoms. The number of rotatable bonds is 6. The lowest BCUT2D eigenvalue weighted by Gasteiger charge is -2.03. The van der Waals surface area contributed by atoms with Gasteiger partial charge in [-0.05, 0) is 35.9 Å². The van der Waals surface area contributed by atoms with Gasteiger partial charge in [-0.2, -0.15) is 0 Å². The van der Waals surface area contributed by atoms with Crippen LogP contribution in [0, 0.1) is 0 Å². The Bertz CT molecular complexity index is 1060. The van der Waals surface area contributed by atoms with Crippen molar-refractivity contribution >= 4 is 39.9 Å². The van der Waals surface area contributed by atoms with Crippen molar-refractivity contribution in [2.75, 3.05) is 6.54 Å².